The number of piperazine rings is 1. The fourth-order valence-corrected chi connectivity index (χ4v) is 5.41. The highest BCUT2D eigenvalue weighted by atomic mass is 32.2. The van der Waals surface area contributed by atoms with Crippen molar-refractivity contribution in [2.45, 2.75) is 38.2 Å². The molecule has 1 aromatic heterocycles. The molecule has 2 aromatic carbocycles. The summed E-state index contributed by atoms with van der Waals surface area (Å²) in [5.74, 6) is 0. The molecule has 0 radical (unpaired) electrons. The molecule has 1 saturated heterocycles. The van der Waals surface area contributed by atoms with E-state index >= 15 is 0 Å². The quantitative estimate of drug-likeness (QED) is 0.612. The van der Waals surface area contributed by atoms with Gasteiger partial charge >= 0.3 is 6.09 Å². The SMILES string of the molecule is Cc1cccc2c(=O)[nH]c(-c3ccc(S(=O)(=O)N4CCN(C(=O)OC(C)(C)C)CC4)cc3)cc12. The summed E-state index contributed by atoms with van der Waals surface area (Å²) < 4.78 is 33.0. The van der Waals surface area contributed by atoms with E-state index in [1.54, 1.807) is 51.1 Å². The molecule has 4 rings (SSSR count). The second-order valence-corrected chi connectivity index (χ2v) is 11.4. The minimum atomic E-state index is -3.71. The van der Waals surface area contributed by atoms with Crippen molar-refractivity contribution in [3.8, 4) is 11.3 Å². The van der Waals surface area contributed by atoms with Gasteiger partial charge in [-0.3, -0.25) is 4.79 Å². The number of pyridine rings is 1. The van der Waals surface area contributed by atoms with Crippen LogP contribution in [-0.2, 0) is 14.8 Å². The number of aryl methyl sites for hydroxylation is 1. The predicted molar refractivity (Wildman–Crippen MR) is 131 cm³/mol. The number of nitrogens with one attached hydrogen (secondary N) is 1. The molecule has 3 aromatic rings. The van der Waals surface area contributed by atoms with Crippen LogP contribution in [0, 0.1) is 6.92 Å². The van der Waals surface area contributed by atoms with Crippen molar-refractivity contribution in [1.29, 1.82) is 0 Å². The zero-order chi connectivity index (χ0) is 24.7. The molecule has 0 atom stereocenters. The topological polar surface area (TPSA) is 99.8 Å². The van der Waals surface area contributed by atoms with Crippen LogP contribution in [0.1, 0.15) is 26.3 Å². The fraction of sp³-hybridized carbons (Fsp3) is 0.360. The van der Waals surface area contributed by atoms with Crippen molar-refractivity contribution < 1.29 is 17.9 Å². The lowest BCUT2D eigenvalue weighted by Gasteiger charge is -2.35. The number of aromatic nitrogens is 1. The lowest BCUT2D eigenvalue weighted by atomic mass is 10.0. The Morgan fingerprint density at radius 3 is 2.24 bits per heavy atom. The average Bonchev–Trinajstić information content (AvgIpc) is 2.79. The number of benzene rings is 2. The van der Waals surface area contributed by atoms with E-state index < -0.39 is 21.7 Å². The van der Waals surface area contributed by atoms with Gasteiger partial charge in [0.2, 0.25) is 10.0 Å². The molecule has 2 heterocycles. The van der Waals surface area contributed by atoms with E-state index in [-0.39, 0.29) is 36.6 Å². The number of H-pyrrole nitrogens is 1. The molecule has 34 heavy (non-hydrogen) atoms. The summed E-state index contributed by atoms with van der Waals surface area (Å²) in [4.78, 5) is 29.3. The standard InChI is InChI=1S/C25H29N3O5S/c1-17-6-5-7-20-21(17)16-22(26-23(20)29)18-8-10-19(11-9-18)34(31,32)28-14-12-27(13-15-28)24(30)33-25(2,3)4/h5-11,16H,12-15H2,1-4H3,(H,26,29). The first kappa shape index (κ1) is 24.0. The number of fused-ring (bicyclic) bond motifs is 1. The predicted octanol–water partition coefficient (Wildman–Crippen LogP) is 3.74. The number of carbonyl (C=O) groups excluding carboxylic acids is 1. The number of ether oxygens (including phenoxy) is 1. The fourth-order valence-electron chi connectivity index (χ4n) is 3.99. The van der Waals surface area contributed by atoms with Crippen molar-refractivity contribution in [3.05, 3.63) is 64.4 Å². The number of sulfonamides is 1. The first-order valence-electron chi connectivity index (χ1n) is 11.2. The number of nitrogens with zero attached hydrogens (tertiary/aromatic N) is 2. The largest absolute Gasteiger partial charge is 0.444 e. The van der Waals surface area contributed by atoms with Crippen LogP contribution in [0.5, 0.6) is 0 Å². The second kappa shape index (κ2) is 8.88. The third-order valence-corrected chi connectivity index (χ3v) is 7.71. The Morgan fingerprint density at radius 2 is 1.62 bits per heavy atom. The summed E-state index contributed by atoms with van der Waals surface area (Å²) in [6, 6.07) is 14.0. The van der Waals surface area contributed by atoms with Crippen molar-refractivity contribution in [2.75, 3.05) is 26.2 Å². The lowest BCUT2D eigenvalue weighted by molar-refractivity contribution is 0.0192. The number of rotatable bonds is 3. The van der Waals surface area contributed by atoms with Gasteiger partial charge in [-0.1, -0.05) is 24.3 Å². The van der Waals surface area contributed by atoms with Crippen LogP contribution in [-0.4, -0.2) is 60.5 Å². The van der Waals surface area contributed by atoms with Crippen LogP contribution in [0.25, 0.3) is 22.0 Å². The van der Waals surface area contributed by atoms with Gasteiger partial charge in [0.05, 0.1) is 4.90 Å². The van der Waals surface area contributed by atoms with E-state index in [0.717, 1.165) is 16.5 Å². The maximum absolute atomic E-state index is 13.1. The van der Waals surface area contributed by atoms with Gasteiger partial charge in [0.1, 0.15) is 5.60 Å². The number of carbonyl (C=O) groups is 1. The number of hydrogen-bond acceptors (Lipinski definition) is 5. The molecular weight excluding hydrogens is 454 g/mol. The molecule has 1 aliphatic heterocycles. The highest BCUT2D eigenvalue weighted by Gasteiger charge is 2.32. The Balaban J connectivity index is 1.51. The van der Waals surface area contributed by atoms with Crippen LogP contribution < -0.4 is 5.56 Å². The molecule has 0 bridgehead atoms. The van der Waals surface area contributed by atoms with Gasteiger partial charge in [-0.25, -0.2) is 13.2 Å². The van der Waals surface area contributed by atoms with Crippen molar-refractivity contribution in [1.82, 2.24) is 14.2 Å². The minimum absolute atomic E-state index is 0.168. The Hall–Kier alpha value is -3.17. The van der Waals surface area contributed by atoms with Gasteiger partial charge in [-0.05, 0) is 68.5 Å². The molecular formula is C25H29N3O5S. The van der Waals surface area contributed by atoms with Gasteiger partial charge in [0, 0.05) is 37.3 Å². The zero-order valence-electron chi connectivity index (χ0n) is 19.8. The van der Waals surface area contributed by atoms with Crippen molar-refractivity contribution in [3.63, 3.8) is 0 Å². The normalized spacial score (nSPS) is 15.5. The highest BCUT2D eigenvalue weighted by Crippen LogP contribution is 2.25. The monoisotopic (exact) mass is 483 g/mol. The van der Waals surface area contributed by atoms with Crippen LogP contribution in [0.2, 0.25) is 0 Å². The van der Waals surface area contributed by atoms with Crippen molar-refractivity contribution >= 4 is 26.9 Å². The molecule has 180 valence electrons. The van der Waals surface area contributed by atoms with E-state index in [4.69, 9.17) is 4.74 Å². The van der Waals surface area contributed by atoms with E-state index in [1.807, 2.05) is 25.1 Å². The third kappa shape index (κ3) is 4.85. The van der Waals surface area contributed by atoms with E-state index in [0.29, 0.717) is 11.1 Å². The first-order valence-corrected chi connectivity index (χ1v) is 12.6. The summed E-state index contributed by atoms with van der Waals surface area (Å²) in [6.45, 7) is 8.26. The molecule has 1 fully saturated rings. The molecule has 0 aliphatic carbocycles. The van der Waals surface area contributed by atoms with Gasteiger partial charge < -0.3 is 14.6 Å². The smallest absolute Gasteiger partial charge is 0.410 e. The Labute approximate surface area is 199 Å². The van der Waals surface area contributed by atoms with Crippen LogP contribution in [0.15, 0.2) is 58.2 Å². The lowest BCUT2D eigenvalue weighted by Crippen LogP contribution is -2.51. The molecule has 0 spiro atoms. The Kier molecular flexibility index (Phi) is 6.26. The first-order chi connectivity index (χ1) is 16.0. The van der Waals surface area contributed by atoms with Crippen LogP contribution in [0.3, 0.4) is 0 Å². The van der Waals surface area contributed by atoms with Crippen molar-refractivity contribution in [2.24, 2.45) is 0 Å². The maximum atomic E-state index is 13.1. The van der Waals surface area contributed by atoms with Crippen LogP contribution in [0.4, 0.5) is 4.79 Å². The second-order valence-electron chi connectivity index (χ2n) is 9.44. The van der Waals surface area contributed by atoms with E-state index in [1.165, 1.54) is 9.21 Å². The number of hydrogen-bond donors (Lipinski definition) is 1. The van der Waals surface area contributed by atoms with Gasteiger partial charge in [0.15, 0.2) is 0 Å². The Bertz CT molecular complexity index is 1380. The van der Waals surface area contributed by atoms with Gasteiger partial charge in [-0.2, -0.15) is 4.31 Å². The third-order valence-electron chi connectivity index (χ3n) is 5.80. The van der Waals surface area contributed by atoms with Crippen LogP contribution >= 0.6 is 0 Å². The van der Waals surface area contributed by atoms with E-state index in [2.05, 4.69) is 4.98 Å². The summed E-state index contributed by atoms with van der Waals surface area (Å²) in [5, 5.41) is 1.48. The zero-order valence-corrected chi connectivity index (χ0v) is 20.6. The molecule has 1 aliphatic rings. The van der Waals surface area contributed by atoms with E-state index in [9.17, 15) is 18.0 Å². The van der Waals surface area contributed by atoms with Gasteiger partial charge in [-0.15, -0.1) is 0 Å². The molecule has 1 N–H and O–H groups in total. The number of amides is 1. The summed E-state index contributed by atoms with van der Waals surface area (Å²) >= 11 is 0. The minimum Gasteiger partial charge on any atom is -0.444 e. The highest BCUT2D eigenvalue weighted by molar-refractivity contribution is 7.89. The maximum Gasteiger partial charge on any atom is 0.410 e. The Morgan fingerprint density at radius 1 is 0.971 bits per heavy atom. The van der Waals surface area contributed by atoms with Gasteiger partial charge in [0.25, 0.3) is 5.56 Å². The molecule has 9 heteroatoms. The summed E-state index contributed by atoms with van der Waals surface area (Å²) in [7, 11) is -3.71. The molecule has 0 saturated carbocycles. The summed E-state index contributed by atoms with van der Waals surface area (Å²) in [6.07, 6.45) is -0.437. The summed E-state index contributed by atoms with van der Waals surface area (Å²) in [5.41, 5.74) is 1.55. The molecule has 1 amide bonds. The number of aromatic amines is 1. The molecule has 8 nitrogen and oxygen atoms in total. The average molecular weight is 484 g/mol. The molecule has 0 unspecified atom stereocenters.